The van der Waals surface area contributed by atoms with Crippen LogP contribution < -0.4 is 10.1 Å². The molecule has 2 aromatic carbocycles. The van der Waals surface area contributed by atoms with Gasteiger partial charge in [0, 0.05) is 22.9 Å². The van der Waals surface area contributed by atoms with Crippen LogP contribution in [0.2, 0.25) is 5.02 Å². The number of carbonyl (C=O) groups is 2. The van der Waals surface area contributed by atoms with Crippen LogP contribution in [-0.2, 0) is 9.53 Å². The first-order chi connectivity index (χ1) is 14.5. The average Bonchev–Trinajstić information content (AvgIpc) is 3.11. The molecule has 0 bridgehead atoms. The van der Waals surface area contributed by atoms with Crippen molar-refractivity contribution in [3.8, 4) is 5.75 Å². The molecule has 0 radical (unpaired) electrons. The number of amides is 2. The highest BCUT2D eigenvalue weighted by Gasteiger charge is 2.27. The Morgan fingerprint density at radius 1 is 1.17 bits per heavy atom. The number of fused-ring (bicyclic) bond motifs is 1. The maximum atomic E-state index is 13.0. The van der Waals surface area contributed by atoms with Crippen LogP contribution in [0.4, 0.5) is 5.69 Å². The minimum absolute atomic E-state index is 0.0909. The topological polar surface area (TPSA) is 81.0 Å². The first-order valence-corrected chi connectivity index (χ1v) is 10.5. The fraction of sp³-hybridized carbons (Fsp3) is 0.238. The normalized spacial score (nSPS) is 14.0. The summed E-state index contributed by atoms with van der Waals surface area (Å²) in [5.41, 5.74) is 0.846. The quantitative estimate of drug-likeness (QED) is 0.572. The van der Waals surface area contributed by atoms with Crippen molar-refractivity contribution >= 4 is 56.0 Å². The molecular weight excluding hydrogens is 476 g/mol. The van der Waals surface area contributed by atoms with E-state index in [1.54, 1.807) is 41.3 Å². The number of hydrogen-bond donors (Lipinski definition) is 1. The van der Waals surface area contributed by atoms with E-state index >= 15 is 0 Å². The number of morpholine rings is 1. The van der Waals surface area contributed by atoms with Crippen LogP contribution in [0.15, 0.2) is 51.4 Å². The number of benzene rings is 2. The van der Waals surface area contributed by atoms with Gasteiger partial charge >= 0.3 is 0 Å². The third-order valence-electron chi connectivity index (χ3n) is 4.61. The summed E-state index contributed by atoms with van der Waals surface area (Å²) in [7, 11) is 0. The van der Waals surface area contributed by atoms with Gasteiger partial charge in [-0.3, -0.25) is 9.59 Å². The molecule has 9 heteroatoms. The number of anilines is 1. The predicted molar refractivity (Wildman–Crippen MR) is 116 cm³/mol. The van der Waals surface area contributed by atoms with Gasteiger partial charge in [-0.25, -0.2) is 0 Å². The molecule has 1 fully saturated rings. The van der Waals surface area contributed by atoms with Crippen LogP contribution in [0.3, 0.4) is 0 Å². The van der Waals surface area contributed by atoms with Crippen molar-refractivity contribution < 1.29 is 23.5 Å². The summed E-state index contributed by atoms with van der Waals surface area (Å²) in [4.78, 5) is 27.2. The van der Waals surface area contributed by atoms with E-state index in [9.17, 15) is 9.59 Å². The lowest BCUT2D eigenvalue weighted by Crippen LogP contribution is -2.40. The molecule has 3 aromatic rings. The van der Waals surface area contributed by atoms with Crippen LogP contribution in [0.25, 0.3) is 11.0 Å². The Morgan fingerprint density at radius 2 is 1.93 bits per heavy atom. The van der Waals surface area contributed by atoms with E-state index in [-0.39, 0.29) is 18.3 Å². The van der Waals surface area contributed by atoms with Crippen molar-refractivity contribution in [2.45, 2.75) is 0 Å². The molecule has 0 atom stereocenters. The monoisotopic (exact) mass is 492 g/mol. The summed E-state index contributed by atoms with van der Waals surface area (Å²) in [6.45, 7) is 1.60. The second-order valence-corrected chi connectivity index (χ2v) is 7.94. The van der Waals surface area contributed by atoms with Crippen molar-refractivity contribution in [2.75, 3.05) is 38.2 Å². The number of carbonyl (C=O) groups excluding carboxylic acids is 2. The Kier molecular flexibility index (Phi) is 6.26. The fourth-order valence-corrected chi connectivity index (χ4v) is 3.87. The van der Waals surface area contributed by atoms with Crippen molar-refractivity contribution in [2.24, 2.45) is 0 Å². The van der Waals surface area contributed by atoms with E-state index in [2.05, 4.69) is 21.2 Å². The SMILES string of the molecule is O=C(COc1ccc(Br)cc1Cl)Nc1c(C(=O)N2CCOCC2)oc2ccccc12. The van der Waals surface area contributed by atoms with Crippen LogP contribution in [0.5, 0.6) is 5.75 Å². The summed E-state index contributed by atoms with van der Waals surface area (Å²) >= 11 is 9.44. The molecule has 156 valence electrons. The number of rotatable bonds is 5. The molecule has 0 spiro atoms. The summed E-state index contributed by atoms with van der Waals surface area (Å²) in [5.74, 6) is -0.247. The lowest BCUT2D eigenvalue weighted by molar-refractivity contribution is -0.118. The van der Waals surface area contributed by atoms with Crippen LogP contribution in [0.1, 0.15) is 10.6 Å². The number of nitrogens with zero attached hydrogens (tertiary/aromatic N) is 1. The van der Waals surface area contributed by atoms with E-state index in [0.29, 0.717) is 53.7 Å². The first-order valence-electron chi connectivity index (χ1n) is 9.29. The maximum Gasteiger partial charge on any atom is 0.291 e. The van der Waals surface area contributed by atoms with Crippen molar-refractivity contribution in [1.82, 2.24) is 4.90 Å². The maximum absolute atomic E-state index is 13.0. The molecule has 7 nitrogen and oxygen atoms in total. The average molecular weight is 494 g/mol. The van der Waals surface area contributed by atoms with Crippen LogP contribution in [0, 0.1) is 0 Å². The summed E-state index contributed by atoms with van der Waals surface area (Å²) in [6.07, 6.45) is 0. The lowest BCUT2D eigenvalue weighted by Gasteiger charge is -2.26. The van der Waals surface area contributed by atoms with Gasteiger partial charge in [-0.15, -0.1) is 0 Å². The largest absolute Gasteiger partial charge is 0.482 e. The minimum Gasteiger partial charge on any atom is -0.482 e. The van der Waals surface area contributed by atoms with Crippen LogP contribution >= 0.6 is 27.5 Å². The molecule has 2 amide bonds. The van der Waals surface area contributed by atoms with Crippen LogP contribution in [-0.4, -0.2) is 49.6 Å². The van der Waals surface area contributed by atoms with Crippen molar-refractivity contribution in [1.29, 1.82) is 0 Å². The van der Waals surface area contributed by atoms with E-state index in [1.807, 2.05) is 6.07 Å². The number of ether oxygens (including phenoxy) is 2. The van der Waals surface area contributed by atoms with Crippen molar-refractivity contribution in [3.05, 3.63) is 57.7 Å². The predicted octanol–water partition coefficient (Wildman–Crippen LogP) is 4.34. The zero-order valence-electron chi connectivity index (χ0n) is 15.8. The van der Waals surface area contributed by atoms with Gasteiger partial charge in [0.1, 0.15) is 17.0 Å². The Morgan fingerprint density at radius 3 is 2.70 bits per heavy atom. The van der Waals surface area contributed by atoms with Gasteiger partial charge in [0.15, 0.2) is 6.61 Å². The molecule has 0 unspecified atom stereocenters. The van der Waals surface area contributed by atoms with E-state index < -0.39 is 5.91 Å². The van der Waals surface area contributed by atoms with Gasteiger partial charge in [-0.1, -0.05) is 39.7 Å². The number of nitrogens with one attached hydrogen (secondary N) is 1. The molecule has 1 saturated heterocycles. The number of hydrogen-bond acceptors (Lipinski definition) is 5. The summed E-state index contributed by atoms with van der Waals surface area (Å²) in [5, 5.41) is 3.79. The van der Waals surface area contributed by atoms with E-state index in [1.165, 1.54) is 0 Å². The Balaban J connectivity index is 1.54. The fourth-order valence-electron chi connectivity index (χ4n) is 3.14. The number of para-hydroxylation sites is 1. The number of halogens is 2. The zero-order valence-corrected chi connectivity index (χ0v) is 18.2. The summed E-state index contributed by atoms with van der Waals surface area (Å²) < 4.78 is 17.4. The first kappa shape index (κ1) is 20.7. The molecule has 1 aliphatic rings. The molecule has 1 N–H and O–H groups in total. The highest BCUT2D eigenvalue weighted by atomic mass is 79.9. The Hall–Kier alpha value is -2.55. The van der Waals surface area contributed by atoms with E-state index in [4.69, 9.17) is 25.5 Å². The van der Waals surface area contributed by atoms with Gasteiger partial charge in [-0.2, -0.15) is 0 Å². The summed E-state index contributed by atoms with van der Waals surface area (Å²) in [6, 6.07) is 12.3. The highest BCUT2D eigenvalue weighted by Crippen LogP contribution is 2.32. The van der Waals surface area contributed by atoms with Gasteiger partial charge in [0.25, 0.3) is 11.8 Å². The molecule has 4 rings (SSSR count). The van der Waals surface area contributed by atoms with Gasteiger partial charge in [0.05, 0.1) is 18.2 Å². The molecule has 0 saturated carbocycles. The molecule has 2 heterocycles. The zero-order chi connectivity index (χ0) is 21.1. The lowest BCUT2D eigenvalue weighted by atomic mass is 10.2. The standard InChI is InChI=1S/C21H18BrClN2O5/c22-13-5-6-17(15(23)11-13)29-12-18(26)24-19-14-3-1-2-4-16(14)30-20(19)21(27)25-7-9-28-10-8-25/h1-6,11H,7-10,12H2,(H,24,26). The highest BCUT2D eigenvalue weighted by molar-refractivity contribution is 9.10. The minimum atomic E-state index is -0.434. The molecule has 1 aliphatic heterocycles. The molecule has 30 heavy (non-hydrogen) atoms. The van der Waals surface area contributed by atoms with Gasteiger partial charge < -0.3 is 24.1 Å². The third kappa shape index (κ3) is 4.45. The van der Waals surface area contributed by atoms with Crippen molar-refractivity contribution in [3.63, 3.8) is 0 Å². The smallest absolute Gasteiger partial charge is 0.291 e. The molecule has 1 aromatic heterocycles. The Bertz CT molecular complexity index is 1090. The second kappa shape index (κ2) is 9.07. The Labute approximate surface area is 186 Å². The molecule has 0 aliphatic carbocycles. The van der Waals surface area contributed by atoms with Gasteiger partial charge in [-0.05, 0) is 30.3 Å². The van der Waals surface area contributed by atoms with E-state index in [0.717, 1.165) is 4.47 Å². The van der Waals surface area contributed by atoms with Gasteiger partial charge in [0.2, 0.25) is 5.76 Å². The third-order valence-corrected chi connectivity index (χ3v) is 5.39. The number of furan rings is 1. The second-order valence-electron chi connectivity index (χ2n) is 6.62. The molecular formula is C21H18BrClN2O5.